The maximum atomic E-state index is 5.81. The molecule has 4 nitrogen and oxygen atoms in total. The summed E-state index contributed by atoms with van der Waals surface area (Å²) in [5, 5.41) is 8.77. The van der Waals surface area contributed by atoms with Gasteiger partial charge in [-0.1, -0.05) is 45.5 Å². The van der Waals surface area contributed by atoms with E-state index in [2.05, 4.69) is 35.9 Å². The van der Waals surface area contributed by atoms with Crippen molar-refractivity contribution < 1.29 is 4.84 Å². The van der Waals surface area contributed by atoms with Crippen LogP contribution in [0.5, 0.6) is 0 Å². The van der Waals surface area contributed by atoms with Crippen LogP contribution in [0, 0.1) is 11.8 Å². The SMILES string of the molecule is CCCCCON(CC#Cc1cc[nH]n1)CCCCC. The molecule has 1 heterocycles. The molecule has 20 heavy (non-hydrogen) atoms. The first-order chi connectivity index (χ1) is 9.86. The Balaban J connectivity index is 2.32. The molecule has 0 aromatic carbocycles. The van der Waals surface area contributed by atoms with Crippen LogP contribution in [-0.2, 0) is 4.84 Å². The average molecular weight is 277 g/mol. The van der Waals surface area contributed by atoms with E-state index >= 15 is 0 Å². The summed E-state index contributed by atoms with van der Waals surface area (Å²) in [6, 6.07) is 1.87. The predicted octanol–water partition coefficient (Wildman–Crippen LogP) is 3.38. The molecule has 1 N–H and O–H groups in total. The Morgan fingerprint density at radius 2 is 2.00 bits per heavy atom. The standard InChI is InChI=1S/C16H27N3O/c1-3-5-7-13-19(20-15-8-6-4-2)14-9-10-16-11-12-17-18-16/h11-12H,3-8,13-15H2,1-2H3,(H,17,18). The molecule has 0 fully saturated rings. The molecule has 1 rings (SSSR count). The molecule has 0 bridgehead atoms. The molecular weight excluding hydrogens is 250 g/mol. The monoisotopic (exact) mass is 277 g/mol. The Bertz CT molecular complexity index is 378. The molecule has 0 amide bonds. The van der Waals surface area contributed by atoms with Crippen molar-refractivity contribution in [1.29, 1.82) is 0 Å². The highest BCUT2D eigenvalue weighted by molar-refractivity contribution is 5.25. The van der Waals surface area contributed by atoms with Crippen LogP contribution in [0.25, 0.3) is 0 Å². The molecule has 1 aromatic heterocycles. The number of hydrogen-bond acceptors (Lipinski definition) is 3. The van der Waals surface area contributed by atoms with Gasteiger partial charge in [0.25, 0.3) is 0 Å². The number of nitrogens with zero attached hydrogens (tertiary/aromatic N) is 2. The van der Waals surface area contributed by atoms with Crippen LogP contribution >= 0.6 is 0 Å². The lowest BCUT2D eigenvalue weighted by Crippen LogP contribution is -2.26. The highest BCUT2D eigenvalue weighted by Gasteiger charge is 2.03. The number of hydrogen-bond donors (Lipinski definition) is 1. The number of hydroxylamine groups is 2. The van der Waals surface area contributed by atoms with E-state index in [4.69, 9.17) is 4.84 Å². The molecule has 0 aliphatic rings. The Hall–Kier alpha value is -1.31. The lowest BCUT2D eigenvalue weighted by Gasteiger charge is -2.19. The fourth-order valence-electron chi connectivity index (χ4n) is 1.82. The molecule has 0 aliphatic carbocycles. The minimum Gasteiger partial charge on any atom is -0.298 e. The molecule has 0 saturated heterocycles. The minimum atomic E-state index is 0.642. The van der Waals surface area contributed by atoms with Crippen molar-refractivity contribution in [1.82, 2.24) is 15.3 Å². The van der Waals surface area contributed by atoms with Crippen LogP contribution in [0.3, 0.4) is 0 Å². The van der Waals surface area contributed by atoms with Gasteiger partial charge in [0.05, 0.1) is 13.2 Å². The zero-order chi connectivity index (χ0) is 14.5. The molecular formula is C16H27N3O. The Morgan fingerprint density at radius 3 is 2.70 bits per heavy atom. The van der Waals surface area contributed by atoms with E-state index < -0.39 is 0 Å². The second-order valence-electron chi connectivity index (χ2n) is 4.87. The van der Waals surface area contributed by atoms with Crippen molar-refractivity contribution in [2.45, 2.75) is 52.4 Å². The van der Waals surface area contributed by atoms with Gasteiger partial charge >= 0.3 is 0 Å². The Labute approximate surface area is 122 Å². The summed E-state index contributed by atoms with van der Waals surface area (Å²) in [6.07, 6.45) is 8.97. The third kappa shape index (κ3) is 7.98. The summed E-state index contributed by atoms with van der Waals surface area (Å²) < 4.78 is 0. The van der Waals surface area contributed by atoms with E-state index in [-0.39, 0.29) is 0 Å². The summed E-state index contributed by atoms with van der Waals surface area (Å²) in [5.74, 6) is 6.16. The van der Waals surface area contributed by atoms with Crippen LogP contribution in [-0.4, -0.2) is 35.0 Å². The van der Waals surface area contributed by atoms with Gasteiger partial charge in [-0.05, 0) is 24.8 Å². The molecule has 4 heteroatoms. The smallest absolute Gasteiger partial charge is 0.135 e. The minimum absolute atomic E-state index is 0.642. The summed E-state index contributed by atoms with van der Waals surface area (Å²) >= 11 is 0. The quantitative estimate of drug-likeness (QED) is 0.405. The van der Waals surface area contributed by atoms with Gasteiger partial charge in [-0.2, -0.15) is 10.2 Å². The predicted molar refractivity (Wildman–Crippen MR) is 82.0 cm³/mol. The van der Waals surface area contributed by atoms with Gasteiger partial charge in [0, 0.05) is 12.7 Å². The molecule has 0 unspecified atom stereocenters. The normalized spacial score (nSPS) is 10.6. The molecule has 0 atom stereocenters. The number of rotatable bonds is 10. The number of unbranched alkanes of at least 4 members (excludes halogenated alkanes) is 4. The third-order valence-corrected chi connectivity index (χ3v) is 3.01. The van der Waals surface area contributed by atoms with Gasteiger partial charge in [0.1, 0.15) is 5.69 Å². The van der Waals surface area contributed by atoms with E-state index in [1.807, 2.05) is 11.1 Å². The van der Waals surface area contributed by atoms with Gasteiger partial charge in [0.15, 0.2) is 0 Å². The first-order valence-corrected chi connectivity index (χ1v) is 7.73. The fraction of sp³-hybridized carbons (Fsp3) is 0.688. The summed E-state index contributed by atoms with van der Waals surface area (Å²) in [4.78, 5) is 5.81. The third-order valence-electron chi connectivity index (χ3n) is 3.01. The maximum absolute atomic E-state index is 5.81. The number of aromatic amines is 1. The van der Waals surface area contributed by atoms with Crippen molar-refractivity contribution in [2.24, 2.45) is 0 Å². The first kappa shape index (κ1) is 16.7. The second-order valence-corrected chi connectivity index (χ2v) is 4.87. The fourth-order valence-corrected chi connectivity index (χ4v) is 1.82. The molecule has 1 aromatic rings. The lowest BCUT2D eigenvalue weighted by atomic mass is 10.2. The van der Waals surface area contributed by atoms with Crippen LogP contribution in [0.4, 0.5) is 0 Å². The first-order valence-electron chi connectivity index (χ1n) is 7.73. The summed E-state index contributed by atoms with van der Waals surface area (Å²) in [6.45, 7) is 6.81. The maximum Gasteiger partial charge on any atom is 0.135 e. The van der Waals surface area contributed by atoms with Crippen LogP contribution in [0.15, 0.2) is 12.3 Å². The highest BCUT2D eigenvalue weighted by Crippen LogP contribution is 2.01. The Morgan fingerprint density at radius 1 is 1.20 bits per heavy atom. The van der Waals surface area contributed by atoms with E-state index in [1.165, 1.54) is 25.7 Å². The van der Waals surface area contributed by atoms with Crippen molar-refractivity contribution >= 4 is 0 Å². The topological polar surface area (TPSA) is 41.1 Å². The molecule has 0 saturated carbocycles. The van der Waals surface area contributed by atoms with Gasteiger partial charge in [-0.15, -0.1) is 0 Å². The summed E-state index contributed by atoms with van der Waals surface area (Å²) in [5.41, 5.74) is 0.782. The van der Waals surface area contributed by atoms with Gasteiger partial charge in [-0.25, -0.2) is 0 Å². The molecule has 0 aliphatic heterocycles. The zero-order valence-electron chi connectivity index (χ0n) is 12.8. The molecule has 0 spiro atoms. The van der Waals surface area contributed by atoms with Crippen molar-refractivity contribution in [3.05, 3.63) is 18.0 Å². The molecule has 112 valence electrons. The number of nitrogens with one attached hydrogen (secondary N) is 1. The van der Waals surface area contributed by atoms with Crippen LogP contribution in [0.1, 0.15) is 58.1 Å². The lowest BCUT2D eigenvalue weighted by molar-refractivity contribution is -0.151. The van der Waals surface area contributed by atoms with Crippen LogP contribution < -0.4 is 0 Å². The zero-order valence-corrected chi connectivity index (χ0v) is 12.8. The molecule has 0 radical (unpaired) electrons. The van der Waals surface area contributed by atoms with Gasteiger partial charge in [-0.3, -0.25) is 9.94 Å². The van der Waals surface area contributed by atoms with Crippen LogP contribution in [0.2, 0.25) is 0 Å². The van der Waals surface area contributed by atoms with Gasteiger partial charge in [0.2, 0.25) is 0 Å². The van der Waals surface area contributed by atoms with Crippen molar-refractivity contribution in [3.8, 4) is 11.8 Å². The van der Waals surface area contributed by atoms with E-state index in [0.29, 0.717) is 6.54 Å². The van der Waals surface area contributed by atoms with E-state index in [9.17, 15) is 0 Å². The summed E-state index contributed by atoms with van der Waals surface area (Å²) in [7, 11) is 0. The largest absolute Gasteiger partial charge is 0.298 e. The van der Waals surface area contributed by atoms with Gasteiger partial charge < -0.3 is 0 Å². The second kappa shape index (κ2) is 11.5. The van der Waals surface area contributed by atoms with Crippen molar-refractivity contribution in [2.75, 3.05) is 19.7 Å². The number of aromatic nitrogens is 2. The van der Waals surface area contributed by atoms with Crippen molar-refractivity contribution in [3.63, 3.8) is 0 Å². The number of H-pyrrole nitrogens is 1. The Kier molecular flexibility index (Phi) is 9.64. The average Bonchev–Trinajstić information content (AvgIpc) is 2.96. The van der Waals surface area contributed by atoms with E-state index in [1.54, 1.807) is 6.20 Å². The highest BCUT2D eigenvalue weighted by atomic mass is 16.7. The van der Waals surface area contributed by atoms with E-state index in [0.717, 1.165) is 31.7 Å².